The van der Waals surface area contributed by atoms with Crippen LogP contribution in [0.3, 0.4) is 0 Å². The summed E-state index contributed by atoms with van der Waals surface area (Å²) < 4.78 is 45.9. The Morgan fingerprint density at radius 3 is 2.56 bits per heavy atom. The number of hydrogen-bond donors (Lipinski definition) is 2. The van der Waals surface area contributed by atoms with Crippen LogP contribution < -0.4 is 10.6 Å². The number of aliphatic imine (C=N–C) groups is 1. The van der Waals surface area contributed by atoms with Crippen LogP contribution in [0, 0.1) is 0 Å². The molecule has 0 aliphatic heterocycles. The van der Waals surface area contributed by atoms with Gasteiger partial charge in [-0.1, -0.05) is 24.3 Å². The third kappa shape index (κ3) is 12.0. The van der Waals surface area contributed by atoms with Crippen molar-refractivity contribution in [3.63, 3.8) is 0 Å². The standard InChI is InChI=1S/C16H24F3N3O2.HI/c1-20-15(21-7-4-8-23-2)22-10-13-5-3-6-14(9-13)11-24-12-16(17,18)19;/h3,5-6,9H,4,7-8,10-12H2,1-2H3,(H2,20,21,22);1H. The second-order valence-corrected chi connectivity index (χ2v) is 5.13. The summed E-state index contributed by atoms with van der Waals surface area (Å²) in [7, 11) is 3.32. The maximum atomic E-state index is 12.1. The van der Waals surface area contributed by atoms with Gasteiger partial charge in [-0.05, 0) is 17.5 Å². The highest BCUT2D eigenvalue weighted by Gasteiger charge is 2.27. The number of nitrogens with zero attached hydrogens (tertiary/aromatic N) is 1. The van der Waals surface area contributed by atoms with Gasteiger partial charge in [0.15, 0.2) is 5.96 Å². The van der Waals surface area contributed by atoms with Gasteiger partial charge < -0.3 is 20.1 Å². The number of methoxy groups -OCH3 is 1. The van der Waals surface area contributed by atoms with Gasteiger partial charge in [0.1, 0.15) is 6.61 Å². The molecular weight excluding hydrogens is 450 g/mol. The Kier molecular flexibility index (Phi) is 12.6. The van der Waals surface area contributed by atoms with Crippen LogP contribution in [0.2, 0.25) is 0 Å². The van der Waals surface area contributed by atoms with Gasteiger partial charge in [-0.3, -0.25) is 4.99 Å². The molecule has 9 heteroatoms. The number of rotatable bonds is 9. The van der Waals surface area contributed by atoms with Crippen LogP contribution in [0.1, 0.15) is 17.5 Å². The Morgan fingerprint density at radius 2 is 1.92 bits per heavy atom. The first kappa shape index (κ1) is 23.9. The zero-order valence-corrected chi connectivity index (χ0v) is 16.7. The molecule has 0 amide bonds. The van der Waals surface area contributed by atoms with Gasteiger partial charge in [0.2, 0.25) is 0 Å². The van der Waals surface area contributed by atoms with Crippen molar-refractivity contribution in [3.05, 3.63) is 35.4 Å². The molecule has 144 valence electrons. The van der Waals surface area contributed by atoms with Crippen LogP contribution in [-0.4, -0.2) is 46.1 Å². The molecule has 0 aliphatic rings. The smallest absolute Gasteiger partial charge is 0.385 e. The van der Waals surface area contributed by atoms with E-state index in [0.717, 1.165) is 18.5 Å². The van der Waals surface area contributed by atoms with E-state index in [9.17, 15) is 13.2 Å². The Balaban J connectivity index is 0.00000576. The predicted octanol–water partition coefficient (Wildman–Crippen LogP) is 3.09. The van der Waals surface area contributed by atoms with Crippen molar-refractivity contribution in [2.75, 3.05) is 33.9 Å². The highest BCUT2D eigenvalue weighted by Crippen LogP contribution is 2.16. The summed E-state index contributed by atoms with van der Waals surface area (Å²) in [5.41, 5.74) is 1.63. The maximum Gasteiger partial charge on any atom is 0.411 e. The molecule has 0 aromatic heterocycles. The normalized spacial score (nSPS) is 11.8. The molecule has 0 unspecified atom stereocenters. The molecule has 0 fully saturated rings. The first-order valence-electron chi connectivity index (χ1n) is 7.60. The van der Waals surface area contributed by atoms with Crippen molar-refractivity contribution in [1.82, 2.24) is 10.6 Å². The zero-order valence-electron chi connectivity index (χ0n) is 14.4. The van der Waals surface area contributed by atoms with Gasteiger partial charge in [0.25, 0.3) is 0 Å². The molecule has 0 saturated carbocycles. The van der Waals surface area contributed by atoms with Crippen LogP contribution >= 0.6 is 24.0 Å². The summed E-state index contributed by atoms with van der Waals surface area (Å²) in [6.45, 7) is 0.602. The van der Waals surface area contributed by atoms with Crippen LogP contribution in [0.15, 0.2) is 29.3 Å². The number of halogens is 4. The second kappa shape index (κ2) is 13.2. The van der Waals surface area contributed by atoms with Crippen LogP contribution in [0.25, 0.3) is 0 Å². The first-order valence-corrected chi connectivity index (χ1v) is 7.60. The predicted molar refractivity (Wildman–Crippen MR) is 102 cm³/mol. The van der Waals surface area contributed by atoms with E-state index in [0.29, 0.717) is 24.7 Å². The SMILES string of the molecule is CN=C(NCCCOC)NCc1cccc(COCC(F)(F)F)c1.I. The van der Waals surface area contributed by atoms with Crippen molar-refractivity contribution in [2.45, 2.75) is 25.7 Å². The topological polar surface area (TPSA) is 54.9 Å². The molecule has 0 saturated heterocycles. The van der Waals surface area contributed by atoms with E-state index >= 15 is 0 Å². The fraction of sp³-hybridized carbons (Fsp3) is 0.562. The van der Waals surface area contributed by atoms with Gasteiger partial charge in [-0.15, -0.1) is 24.0 Å². The maximum absolute atomic E-state index is 12.1. The fourth-order valence-corrected chi connectivity index (χ4v) is 1.94. The second-order valence-electron chi connectivity index (χ2n) is 5.13. The molecule has 0 heterocycles. The lowest BCUT2D eigenvalue weighted by Gasteiger charge is -2.12. The average molecular weight is 475 g/mol. The summed E-state index contributed by atoms with van der Waals surface area (Å²) in [4.78, 5) is 4.10. The molecule has 0 bridgehead atoms. The van der Waals surface area contributed by atoms with Gasteiger partial charge >= 0.3 is 6.18 Å². The molecule has 1 aromatic rings. The lowest BCUT2D eigenvalue weighted by molar-refractivity contribution is -0.176. The minimum absolute atomic E-state index is 0. The van der Waals surface area contributed by atoms with Crippen molar-refractivity contribution < 1.29 is 22.6 Å². The van der Waals surface area contributed by atoms with E-state index in [-0.39, 0.29) is 30.6 Å². The monoisotopic (exact) mass is 475 g/mol. The number of benzene rings is 1. The molecule has 0 spiro atoms. The molecule has 25 heavy (non-hydrogen) atoms. The van der Waals surface area contributed by atoms with Gasteiger partial charge in [0, 0.05) is 33.9 Å². The Hall–Kier alpha value is -1.07. The van der Waals surface area contributed by atoms with Crippen LogP contribution in [0.5, 0.6) is 0 Å². The Morgan fingerprint density at radius 1 is 1.20 bits per heavy atom. The summed E-state index contributed by atoms with van der Waals surface area (Å²) in [5.74, 6) is 0.657. The first-order chi connectivity index (χ1) is 11.4. The fourth-order valence-electron chi connectivity index (χ4n) is 1.94. The zero-order chi connectivity index (χ0) is 17.8. The van der Waals surface area contributed by atoms with Crippen molar-refractivity contribution in [3.8, 4) is 0 Å². The average Bonchev–Trinajstić information content (AvgIpc) is 2.53. The van der Waals surface area contributed by atoms with E-state index in [1.807, 2.05) is 12.1 Å². The molecule has 5 nitrogen and oxygen atoms in total. The van der Waals surface area contributed by atoms with Crippen molar-refractivity contribution >= 4 is 29.9 Å². The lowest BCUT2D eigenvalue weighted by atomic mass is 10.1. The molecule has 0 radical (unpaired) electrons. The number of nitrogens with one attached hydrogen (secondary N) is 2. The van der Waals surface area contributed by atoms with E-state index in [1.165, 1.54) is 0 Å². The number of alkyl halides is 3. The summed E-state index contributed by atoms with van der Waals surface area (Å²) in [6.07, 6.45) is -3.44. The van der Waals surface area contributed by atoms with Gasteiger partial charge in [-0.2, -0.15) is 13.2 Å². The number of ether oxygens (including phenoxy) is 2. The van der Waals surface area contributed by atoms with E-state index in [4.69, 9.17) is 4.74 Å². The molecule has 1 rings (SSSR count). The van der Waals surface area contributed by atoms with Crippen molar-refractivity contribution in [2.24, 2.45) is 4.99 Å². The quantitative estimate of drug-likeness (QED) is 0.250. The molecular formula is C16H25F3IN3O2. The number of guanidine groups is 1. The highest BCUT2D eigenvalue weighted by molar-refractivity contribution is 14.0. The highest BCUT2D eigenvalue weighted by atomic mass is 127. The van der Waals surface area contributed by atoms with Crippen LogP contribution in [0.4, 0.5) is 13.2 Å². The van der Waals surface area contributed by atoms with E-state index < -0.39 is 12.8 Å². The number of hydrogen-bond acceptors (Lipinski definition) is 3. The largest absolute Gasteiger partial charge is 0.411 e. The molecule has 0 aliphatic carbocycles. The lowest BCUT2D eigenvalue weighted by Crippen LogP contribution is -2.37. The summed E-state index contributed by atoms with van der Waals surface area (Å²) in [5, 5.41) is 6.30. The summed E-state index contributed by atoms with van der Waals surface area (Å²) in [6, 6.07) is 7.22. The van der Waals surface area contributed by atoms with Gasteiger partial charge in [0.05, 0.1) is 6.61 Å². The van der Waals surface area contributed by atoms with Gasteiger partial charge in [-0.25, -0.2) is 0 Å². The van der Waals surface area contributed by atoms with E-state index in [1.54, 1.807) is 26.3 Å². The summed E-state index contributed by atoms with van der Waals surface area (Å²) >= 11 is 0. The third-order valence-corrected chi connectivity index (χ3v) is 3.03. The van der Waals surface area contributed by atoms with E-state index in [2.05, 4.69) is 20.4 Å². The molecule has 2 N–H and O–H groups in total. The Bertz CT molecular complexity index is 514. The minimum atomic E-state index is -4.31. The minimum Gasteiger partial charge on any atom is -0.385 e. The molecule has 0 atom stereocenters. The molecule has 1 aromatic carbocycles. The third-order valence-electron chi connectivity index (χ3n) is 3.03. The Labute approximate surface area is 163 Å². The van der Waals surface area contributed by atoms with Crippen LogP contribution in [-0.2, 0) is 22.6 Å². The van der Waals surface area contributed by atoms with Crippen molar-refractivity contribution in [1.29, 1.82) is 0 Å².